The molecule has 11 aliphatic heterocycles. The SMILES string of the molecule is CC(=O)N1C(C(C)C)N(C(C)C)C[C@@H]1C.CC(=O)N1C[C@H](C)N(C(C)C)C1C(C)C.CC(C)C1N(C(C)C)C[C@H](C)N1C(C)C.CC(C)C1N(C(C)C)C[C@H](C)N1S(C)(=O)=O.CC(C)C1N(C(C)C)[C@@H](C)CN1S(C)(=O)=O.CC(C)C1N(C)C[C@H](C)N1C(C)C.CC(C)C1OC2CCC(C2)N1C(C)C.CC(C)C1OCC2CC(C2)N1C(C)C.CCCN1C[C@H](C)N(C(C)C)C1C(C)C.CCN1C[C@H](C)N(C(C)C)C1C(C)C. The predicted molar refractivity (Wildman–Crippen MR) is 628 cm³/mol. The van der Waals surface area contributed by atoms with Gasteiger partial charge >= 0.3 is 0 Å². The molecule has 874 valence electrons. The Morgan fingerprint density at radius 2 is 0.639 bits per heavy atom. The molecule has 2 saturated carbocycles. The summed E-state index contributed by atoms with van der Waals surface area (Å²) in [5.41, 5.74) is 0. The van der Waals surface area contributed by atoms with Crippen LogP contribution in [0.15, 0.2) is 0 Å². The van der Waals surface area contributed by atoms with Crippen LogP contribution in [0, 0.1) is 65.1 Å². The Bertz CT molecular complexity index is 3840. The summed E-state index contributed by atoms with van der Waals surface area (Å²) < 4.78 is 62.6. The van der Waals surface area contributed by atoms with Gasteiger partial charge in [0, 0.05) is 193 Å². The molecule has 13 aliphatic rings. The Hall–Kier alpha value is -1.88. The van der Waals surface area contributed by atoms with Crippen molar-refractivity contribution < 1.29 is 35.9 Å². The molecule has 0 N–H and O–H groups in total. The van der Waals surface area contributed by atoms with Crippen molar-refractivity contribution in [2.75, 3.05) is 91.6 Å². The fraction of sp³-hybridized carbons (Fsp3) is 0.983. The van der Waals surface area contributed by atoms with Crippen molar-refractivity contribution in [2.45, 2.75) is 607 Å². The number of carbonyl (C=O) groups is 2. The number of likely N-dealkylation sites (N-methyl/N-ethyl adjacent to an activating group) is 2. The lowest BCUT2D eigenvalue weighted by Gasteiger charge is -2.45. The summed E-state index contributed by atoms with van der Waals surface area (Å²) >= 11 is 0. The van der Waals surface area contributed by atoms with Crippen LogP contribution in [0.4, 0.5) is 0 Å². The van der Waals surface area contributed by atoms with Gasteiger partial charge in [0.1, 0.15) is 12.5 Å². The molecule has 11 saturated heterocycles. The third-order valence-corrected chi connectivity index (χ3v) is 35.6. The maximum absolute atomic E-state index is 11.8. The number of carbonyl (C=O) groups excluding carboxylic acids is 2. The smallest absolute Gasteiger partial charge is 0.220 e. The van der Waals surface area contributed by atoms with Crippen LogP contribution in [0.3, 0.4) is 0 Å². The van der Waals surface area contributed by atoms with E-state index in [9.17, 15) is 26.4 Å². The molecule has 0 aromatic rings. The van der Waals surface area contributed by atoms with Crippen LogP contribution in [0.2, 0.25) is 0 Å². The Morgan fingerprint density at radius 3 is 1.00 bits per heavy atom. The van der Waals surface area contributed by atoms with Crippen LogP contribution in [0.5, 0.6) is 0 Å². The average molecular weight is 2120 g/mol. The van der Waals surface area contributed by atoms with Gasteiger partial charge in [-0.3, -0.25) is 78.2 Å². The predicted octanol–water partition coefficient (Wildman–Crippen LogP) is 21.7. The zero-order valence-corrected chi connectivity index (χ0v) is 109. The third kappa shape index (κ3) is 37.9. The normalized spacial score (nSPS) is 31.4. The number of ether oxygens (including phenoxy) is 2. The second kappa shape index (κ2) is 62.0. The first kappa shape index (κ1) is 139. The highest BCUT2D eigenvalue weighted by atomic mass is 32.2. The second-order valence-corrected chi connectivity index (χ2v) is 57.4. The zero-order valence-electron chi connectivity index (χ0n) is 107. The molecule has 147 heavy (non-hydrogen) atoms. The van der Waals surface area contributed by atoms with Crippen molar-refractivity contribution in [1.82, 2.24) is 87.0 Å². The van der Waals surface area contributed by atoms with E-state index in [0.29, 0.717) is 200 Å². The summed E-state index contributed by atoms with van der Waals surface area (Å²) in [5, 5.41) is 0. The minimum atomic E-state index is -3.12. The van der Waals surface area contributed by atoms with E-state index in [1.54, 1.807) is 22.5 Å². The lowest BCUT2D eigenvalue weighted by molar-refractivity contribution is -0.169. The van der Waals surface area contributed by atoms with Crippen LogP contribution in [0.1, 0.15) is 412 Å². The van der Waals surface area contributed by atoms with Crippen molar-refractivity contribution in [2.24, 2.45) is 65.1 Å². The monoisotopic (exact) mass is 2120 g/mol. The molecular weight excluding hydrogens is 1870 g/mol. The molecule has 0 aromatic heterocycles. The maximum Gasteiger partial charge on any atom is 0.220 e. The Kier molecular flexibility index (Phi) is 58.8. The molecule has 0 radical (unpaired) electrons. The van der Waals surface area contributed by atoms with E-state index >= 15 is 0 Å². The Morgan fingerprint density at radius 1 is 0.306 bits per heavy atom. The highest BCUT2D eigenvalue weighted by molar-refractivity contribution is 7.88. The van der Waals surface area contributed by atoms with E-state index in [1.165, 1.54) is 90.3 Å². The van der Waals surface area contributed by atoms with Crippen molar-refractivity contribution in [3.8, 4) is 0 Å². The molecule has 0 aromatic carbocycles. The van der Waals surface area contributed by atoms with Gasteiger partial charge in [-0.15, -0.1) is 0 Å². The molecule has 2 aliphatic carbocycles. The highest BCUT2D eigenvalue weighted by Crippen LogP contribution is 2.43. The van der Waals surface area contributed by atoms with Crippen LogP contribution < -0.4 is 0 Å². The number of hydrogen-bond acceptors (Lipinski definition) is 22. The van der Waals surface area contributed by atoms with Crippen LogP contribution >= 0.6 is 0 Å². The molecular formula is C119H248N18O8S2. The number of sulfonamides is 2. The summed E-state index contributed by atoms with van der Waals surface area (Å²) in [6, 6.07) is 11.9. The zero-order chi connectivity index (χ0) is 114. The summed E-state index contributed by atoms with van der Waals surface area (Å²) in [7, 11) is -3.99. The topological polar surface area (TPSA) is 179 Å². The summed E-state index contributed by atoms with van der Waals surface area (Å²) in [5.74, 6) is 6.94. The number of hydrogen-bond donors (Lipinski definition) is 0. The van der Waals surface area contributed by atoms with Crippen molar-refractivity contribution in [1.29, 1.82) is 0 Å². The number of fused-ring (bicyclic) bond motifs is 5. The van der Waals surface area contributed by atoms with E-state index < -0.39 is 20.0 Å². The molecule has 12 unspecified atom stereocenters. The second-order valence-electron chi connectivity index (χ2n) is 53.6. The molecule has 2 amide bonds. The average Bonchev–Trinajstić information content (AvgIpc) is 1.62. The van der Waals surface area contributed by atoms with E-state index in [1.807, 2.05) is 16.7 Å². The van der Waals surface area contributed by atoms with Crippen molar-refractivity contribution in [3.05, 3.63) is 0 Å². The first-order chi connectivity index (χ1) is 67.5. The molecule has 13 rings (SSSR count). The van der Waals surface area contributed by atoms with E-state index in [2.05, 4.69) is 429 Å². The fourth-order valence-corrected chi connectivity index (χ4v) is 31.0. The first-order valence-electron chi connectivity index (χ1n) is 59.9. The number of amides is 2. The number of nitrogens with zero attached hydrogens (tertiary/aromatic N) is 18. The summed E-state index contributed by atoms with van der Waals surface area (Å²) in [4.78, 5) is 62.9. The summed E-state index contributed by atoms with van der Waals surface area (Å²) in [6.45, 7) is 132. The van der Waals surface area contributed by atoms with E-state index in [4.69, 9.17) is 9.47 Å². The van der Waals surface area contributed by atoms with Gasteiger partial charge in [-0.25, -0.2) is 16.8 Å². The molecule has 26 nitrogen and oxygen atoms in total. The van der Waals surface area contributed by atoms with Gasteiger partial charge in [-0.05, 0) is 331 Å². The third-order valence-electron chi connectivity index (χ3n) is 33.1. The standard InChI is InChI=1S/2C13H28N2.2C12H24N2O.C12H26N2.2C12H23NO.2C11H24N2O2S.C11H24N2/c1-9(2)13-14(10(3)4)8-12(7)15(13)11(5)6;1-7-8-14-9-12(6)15(11(4)5)13(14)10(2)3;1-8(2)12-13(11(6)15)7-10(5)14(12)9(3)4;1-8(2)12-13(9(3)4)7-10(5)14(12)11(6)15;1-7-13-8-11(6)14(10(4)5)12(13)9(2)3;1-8(2)12-13(9(3)4)11-5-10(6-11)7-14-12;1-8(2)12-13(9(3)4)10-5-6-11(7-10)14-12;1-8(2)11-12(16(6,14)15)7-10(5)13(11)9(3)4;1-8(2)11-12(9(3)4)7-10(5)13(11)16(6,14)15;1-8(2)11-12(6)7-10(5)13(11)9(3)4/h9-13H,8H2,1-7H3;10-13H,7-9H2,1-6H3;2*8-10,12H,7H2,1-6H3;9-12H,7-8H2,1-6H3;2*8-12H,5-7H2,1-4H3;2*8-11H,7H2,1-6H3;8-11H,7H2,1-6H3/t2*12-,13?;2*10-,12?;11-,12?;;;3*10-,11?/m00000..000/s1. The van der Waals surface area contributed by atoms with Crippen LogP contribution in [0.25, 0.3) is 0 Å². The van der Waals surface area contributed by atoms with Crippen molar-refractivity contribution in [3.63, 3.8) is 0 Å². The Labute approximate surface area is 913 Å². The van der Waals surface area contributed by atoms with E-state index in [-0.39, 0.29) is 42.5 Å². The van der Waals surface area contributed by atoms with Gasteiger partial charge in [0.05, 0.1) is 74.5 Å². The highest BCUT2D eigenvalue weighted by Gasteiger charge is 2.52. The first-order valence-corrected chi connectivity index (χ1v) is 63.6. The van der Waals surface area contributed by atoms with Gasteiger partial charge in [0.15, 0.2) is 0 Å². The molecule has 28 heteroatoms. The molecule has 0 spiro atoms. The number of rotatable bonds is 26. The Balaban J connectivity index is 0.000000420. The summed E-state index contributed by atoms with van der Waals surface area (Å²) in [6.07, 6.45) is 14.9. The lowest BCUT2D eigenvalue weighted by atomic mass is 9.80. The molecule has 4 bridgehead atoms. The van der Waals surface area contributed by atoms with Gasteiger partial charge in [-0.2, -0.15) is 8.61 Å². The van der Waals surface area contributed by atoms with Gasteiger partial charge in [0.25, 0.3) is 0 Å². The minimum Gasteiger partial charge on any atom is -0.363 e. The minimum absolute atomic E-state index is 0.00463. The molecule has 20 atom stereocenters. The van der Waals surface area contributed by atoms with Crippen molar-refractivity contribution >= 4 is 31.9 Å². The van der Waals surface area contributed by atoms with Crippen LogP contribution in [-0.4, -0.2) is 402 Å². The van der Waals surface area contributed by atoms with Gasteiger partial charge in [-0.1, -0.05) is 152 Å². The largest absolute Gasteiger partial charge is 0.363 e. The quantitative estimate of drug-likeness (QED) is 0.0797. The van der Waals surface area contributed by atoms with Crippen LogP contribution in [-0.2, 0) is 39.1 Å². The lowest BCUT2D eigenvalue weighted by Crippen LogP contribution is -2.53. The fourth-order valence-electron chi connectivity index (χ4n) is 28.3. The van der Waals surface area contributed by atoms with Gasteiger partial charge < -0.3 is 19.3 Å². The maximum atomic E-state index is 11.8. The van der Waals surface area contributed by atoms with Gasteiger partial charge in [0.2, 0.25) is 31.9 Å². The van der Waals surface area contributed by atoms with E-state index in [0.717, 1.165) is 62.0 Å². The molecule has 13 fully saturated rings. The molecule has 11 heterocycles.